The highest BCUT2D eigenvalue weighted by atomic mass is 35.5. The van der Waals surface area contributed by atoms with Gasteiger partial charge in [0, 0.05) is 45.0 Å². The minimum Gasteiger partial charge on any atom is -0.468 e. The van der Waals surface area contributed by atoms with E-state index in [9.17, 15) is 4.79 Å². The number of piperazine rings is 1. The van der Waals surface area contributed by atoms with E-state index >= 15 is 0 Å². The molecule has 4 rings (SSSR count). The van der Waals surface area contributed by atoms with Crippen LogP contribution in [-0.2, 0) is 13.1 Å². The lowest BCUT2D eigenvalue weighted by Crippen LogP contribution is -2.45. The van der Waals surface area contributed by atoms with Crippen LogP contribution in [-0.4, -0.2) is 45.4 Å². The SMILES string of the molecule is O=c1cc(CN2CCN(Cc3ccco3)CC2)nc2ccc(Cl)cn12. The number of fused-ring (bicyclic) bond motifs is 1. The lowest BCUT2D eigenvalue weighted by Gasteiger charge is -2.34. The quantitative estimate of drug-likeness (QED) is 0.716. The Kier molecular flexibility index (Phi) is 4.57. The number of pyridine rings is 1. The van der Waals surface area contributed by atoms with Crippen LogP contribution in [0.15, 0.2) is 52.0 Å². The molecule has 1 aliphatic rings. The van der Waals surface area contributed by atoms with Gasteiger partial charge in [-0.3, -0.25) is 19.0 Å². The van der Waals surface area contributed by atoms with E-state index in [1.807, 2.05) is 12.1 Å². The molecule has 7 heteroatoms. The molecule has 0 radical (unpaired) electrons. The zero-order valence-electron chi connectivity index (χ0n) is 13.8. The summed E-state index contributed by atoms with van der Waals surface area (Å²) >= 11 is 5.94. The van der Waals surface area contributed by atoms with Crippen LogP contribution in [0.1, 0.15) is 11.5 Å². The molecule has 1 fully saturated rings. The van der Waals surface area contributed by atoms with Crippen molar-refractivity contribution in [2.75, 3.05) is 26.2 Å². The van der Waals surface area contributed by atoms with Crippen molar-refractivity contribution in [1.82, 2.24) is 19.2 Å². The summed E-state index contributed by atoms with van der Waals surface area (Å²) in [6.07, 6.45) is 3.31. The first-order valence-corrected chi connectivity index (χ1v) is 8.70. The van der Waals surface area contributed by atoms with Crippen molar-refractivity contribution in [1.29, 1.82) is 0 Å². The average molecular weight is 359 g/mol. The fourth-order valence-corrected chi connectivity index (χ4v) is 3.33. The zero-order valence-corrected chi connectivity index (χ0v) is 14.5. The van der Waals surface area contributed by atoms with Crippen LogP contribution in [0.4, 0.5) is 0 Å². The van der Waals surface area contributed by atoms with Crippen LogP contribution in [0, 0.1) is 0 Å². The number of hydrogen-bond acceptors (Lipinski definition) is 5. The van der Waals surface area contributed by atoms with Crippen LogP contribution in [0.2, 0.25) is 5.02 Å². The first-order valence-electron chi connectivity index (χ1n) is 8.32. The fraction of sp³-hybridized carbons (Fsp3) is 0.333. The number of furan rings is 1. The minimum absolute atomic E-state index is 0.0982. The van der Waals surface area contributed by atoms with Gasteiger partial charge in [-0.15, -0.1) is 0 Å². The summed E-state index contributed by atoms with van der Waals surface area (Å²) < 4.78 is 6.89. The number of aromatic nitrogens is 2. The van der Waals surface area contributed by atoms with Gasteiger partial charge in [0.1, 0.15) is 11.4 Å². The molecule has 0 amide bonds. The number of hydrogen-bond donors (Lipinski definition) is 0. The van der Waals surface area contributed by atoms with Crippen molar-refractivity contribution in [2.45, 2.75) is 13.1 Å². The van der Waals surface area contributed by atoms with Gasteiger partial charge in [0.2, 0.25) is 0 Å². The van der Waals surface area contributed by atoms with E-state index in [0.29, 0.717) is 17.2 Å². The summed E-state index contributed by atoms with van der Waals surface area (Å²) in [5.74, 6) is 0.997. The van der Waals surface area contributed by atoms with Gasteiger partial charge in [0.15, 0.2) is 0 Å². The second kappa shape index (κ2) is 7.00. The van der Waals surface area contributed by atoms with Crippen LogP contribution < -0.4 is 5.56 Å². The van der Waals surface area contributed by atoms with Gasteiger partial charge in [-0.05, 0) is 24.3 Å². The van der Waals surface area contributed by atoms with Crippen LogP contribution in [0.3, 0.4) is 0 Å². The maximum absolute atomic E-state index is 12.3. The van der Waals surface area contributed by atoms with Gasteiger partial charge in [0.25, 0.3) is 5.56 Å². The number of halogens is 1. The number of rotatable bonds is 4. The van der Waals surface area contributed by atoms with Gasteiger partial charge in [-0.1, -0.05) is 11.6 Å². The molecule has 25 heavy (non-hydrogen) atoms. The molecule has 1 aliphatic heterocycles. The van der Waals surface area contributed by atoms with Gasteiger partial charge < -0.3 is 4.42 Å². The van der Waals surface area contributed by atoms with E-state index in [4.69, 9.17) is 16.0 Å². The van der Waals surface area contributed by atoms with Gasteiger partial charge >= 0.3 is 0 Å². The molecule has 0 saturated carbocycles. The third-order valence-corrected chi connectivity index (χ3v) is 4.71. The Hall–Kier alpha value is -2.15. The van der Waals surface area contributed by atoms with E-state index in [2.05, 4.69) is 14.8 Å². The van der Waals surface area contributed by atoms with Gasteiger partial charge in [-0.25, -0.2) is 4.98 Å². The van der Waals surface area contributed by atoms with E-state index in [0.717, 1.165) is 44.2 Å². The van der Waals surface area contributed by atoms with Gasteiger partial charge in [0.05, 0.1) is 23.5 Å². The maximum atomic E-state index is 12.3. The Morgan fingerprint density at radius 2 is 1.84 bits per heavy atom. The zero-order chi connectivity index (χ0) is 17.2. The van der Waals surface area contributed by atoms with Crippen molar-refractivity contribution in [3.63, 3.8) is 0 Å². The van der Waals surface area contributed by atoms with Crippen LogP contribution >= 0.6 is 11.6 Å². The highest BCUT2D eigenvalue weighted by molar-refractivity contribution is 6.30. The van der Waals surface area contributed by atoms with Crippen molar-refractivity contribution in [2.24, 2.45) is 0 Å². The molecule has 0 bridgehead atoms. The summed E-state index contributed by atoms with van der Waals surface area (Å²) in [4.78, 5) is 21.5. The summed E-state index contributed by atoms with van der Waals surface area (Å²) in [6, 6.07) is 9.04. The van der Waals surface area contributed by atoms with Crippen molar-refractivity contribution < 1.29 is 4.42 Å². The van der Waals surface area contributed by atoms with Crippen molar-refractivity contribution >= 4 is 17.2 Å². The monoisotopic (exact) mass is 358 g/mol. The molecule has 0 aromatic carbocycles. The first kappa shape index (κ1) is 16.3. The van der Waals surface area contributed by atoms with E-state index in [1.165, 1.54) is 4.40 Å². The third kappa shape index (κ3) is 3.76. The predicted octanol–water partition coefficient (Wildman–Crippen LogP) is 2.26. The predicted molar refractivity (Wildman–Crippen MR) is 95.7 cm³/mol. The maximum Gasteiger partial charge on any atom is 0.258 e. The topological polar surface area (TPSA) is 54.0 Å². The van der Waals surface area contributed by atoms with Crippen molar-refractivity contribution in [3.05, 3.63) is 69.6 Å². The molecule has 0 aliphatic carbocycles. The van der Waals surface area contributed by atoms with E-state index < -0.39 is 0 Å². The molecule has 3 aromatic heterocycles. The molecule has 0 spiro atoms. The summed E-state index contributed by atoms with van der Waals surface area (Å²) in [7, 11) is 0. The molecule has 0 atom stereocenters. The lowest BCUT2D eigenvalue weighted by molar-refractivity contribution is 0.115. The molecule has 0 N–H and O–H groups in total. The van der Waals surface area contributed by atoms with E-state index in [1.54, 1.807) is 30.7 Å². The molecule has 0 unspecified atom stereocenters. The Morgan fingerprint density at radius 1 is 1.08 bits per heavy atom. The smallest absolute Gasteiger partial charge is 0.258 e. The summed E-state index contributed by atoms with van der Waals surface area (Å²) in [5.41, 5.74) is 1.33. The second-order valence-corrected chi connectivity index (χ2v) is 6.73. The molecule has 6 nitrogen and oxygen atoms in total. The molecular formula is C18H19ClN4O2. The first-order chi connectivity index (χ1) is 12.2. The van der Waals surface area contributed by atoms with E-state index in [-0.39, 0.29) is 5.56 Å². The lowest BCUT2D eigenvalue weighted by atomic mass is 10.2. The number of nitrogens with zero attached hydrogens (tertiary/aromatic N) is 4. The molecular weight excluding hydrogens is 340 g/mol. The molecule has 4 heterocycles. The Bertz CT molecular complexity index is 914. The largest absolute Gasteiger partial charge is 0.468 e. The summed E-state index contributed by atoms with van der Waals surface area (Å²) in [5, 5.41) is 0.525. The third-order valence-electron chi connectivity index (χ3n) is 4.49. The second-order valence-electron chi connectivity index (χ2n) is 6.29. The minimum atomic E-state index is -0.0982. The Labute approximate surface area is 150 Å². The van der Waals surface area contributed by atoms with Crippen molar-refractivity contribution in [3.8, 4) is 0 Å². The molecule has 130 valence electrons. The standard InChI is InChI=1S/C18H19ClN4O2/c19-14-3-4-17-20-15(10-18(24)23(17)11-14)12-21-5-7-22(8-6-21)13-16-2-1-9-25-16/h1-4,9-11H,5-8,12-13H2. The highest BCUT2D eigenvalue weighted by Gasteiger charge is 2.18. The normalized spacial score (nSPS) is 16.5. The van der Waals surface area contributed by atoms with Gasteiger partial charge in [-0.2, -0.15) is 0 Å². The Morgan fingerprint density at radius 3 is 2.56 bits per heavy atom. The molecule has 1 saturated heterocycles. The average Bonchev–Trinajstić information content (AvgIpc) is 3.10. The molecule has 3 aromatic rings. The van der Waals surface area contributed by atoms with Crippen LogP contribution in [0.25, 0.3) is 5.65 Å². The van der Waals surface area contributed by atoms with Crippen LogP contribution in [0.5, 0.6) is 0 Å². The highest BCUT2D eigenvalue weighted by Crippen LogP contribution is 2.12. The summed E-state index contributed by atoms with van der Waals surface area (Å²) in [6.45, 7) is 5.37. The fourth-order valence-electron chi connectivity index (χ4n) is 3.16. The Balaban J connectivity index is 1.41.